The summed E-state index contributed by atoms with van der Waals surface area (Å²) >= 11 is 2.07. The molecule has 0 aromatic rings. The Kier molecular flexibility index (Phi) is 4.14. The van der Waals surface area contributed by atoms with Gasteiger partial charge in [0.25, 0.3) is 0 Å². The van der Waals surface area contributed by atoms with Crippen molar-refractivity contribution < 1.29 is 4.79 Å². The average Bonchev–Trinajstić information content (AvgIpc) is 2.65. The highest BCUT2D eigenvalue weighted by molar-refractivity contribution is 8.00. The first-order valence-corrected chi connectivity index (χ1v) is 7.35. The molecule has 2 atom stereocenters. The fourth-order valence-corrected chi connectivity index (χ4v) is 3.82. The lowest BCUT2D eigenvalue weighted by molar-refractivity contribution is -0.129. The van der Waals surface area contributed by atoms with E-state index in [9.17, 15) is 4.79 Å². The SMILES string of the molecule is CC(=O)N1CCC(NC2CCSC2C)CC1. The Bertz CT molecular complexity index is 251. The van der Waals surface area contributed by atoms with E-state index in [1.807, 2.05) is 4.90 Å². The third-order valence-corrected chi connectivity index (χ3v) is 5.09. The third kappa shape index (κ3) is 2.92. The molecular formula is C12H22N2OS. The van der Waals surface area contributed by atoms with E-state index in [-0.39, 0.29) is 5.91 Å². The molecule has 0 aromatic heterocycles. The Morgan fingerprint density at radius 1 is 1.31 bits per heavy atom. The molecule has 4 heteroatoms. The van der Waals surface area contributed by atoms with E-state index in [4.69, 9.17) is 0 Å². The van der Waals surface area contributed by atoms with Crippen molar-refractivity contribution in [1.29, 1.82) is 0 Å². The molecule has 1 amide bonds. The minimum absolute atomic E-state index is 0.225. The molecule has 2 saturated heterocycles. The summed E-state index contributed by atoms with van der Waals surface area (Å²) in [6.45, 7) is 5.85. The van der Waals surface area contributed by atoms with Gasteiger partial charge in [-0.2, -0.15) is 11.8 Å². The second-order valence-corrected chi connectivity index (χ2v) is 6.40. The summed E-state index contributed by atoms with van der Waals surface area (Å²) < 4.78 is 0. The number of hydrogen-bond acceptors (Lipinski definition) is 3. The third-order valence-electron chi connectivity index (χ3n) is 3.77. The fourth-order valence-electron chi connectivity index (χ4n) is 2.61. The zero-order valence-electron chi connectivity index (χ0n) is 10.2. The normalized spacial score (nSPS) is 32.0. The second kappa shape index (κ2) is 5.41. The molecule has 0 aliphatic carbocycles. The highest BCUT2D eigenvalue weighted by Crippen LogP contribution is 2.27. The van der Waals surface area contributed by atoms with E-state index >= 15 is 0 Å². The number of nitrogens with one attached hydrogen (secondary N) is 1. The van der Waals surface area contributed by atoms with Crippen LogP contribution in [0.2, 0.25) is 0 Å². The van der Waals surface area contributed by atoms with Crippen LogP contribution in [-0.4, -0.2) is 47.0 Å². The topological polar surface area (TPSA) is 32.3 Å². The number of carbonyl (C=O) groups excluding carboxylic acids is 1. The van der Waals surface area contributed by atoms with E-state index in [0.717, 1.165) is 31.2 Å². The van der Waals surface area contributed by atoms with Crippen molar-refractivity contribution in [3.63, 3.8) is 0 Å². The molecule has 0 bridgehead atoms. The first-order valence-electron chi connectivity index (χ1n) is 6.30. The van der Waals surface area contributed by atoms with Crippen LogP contribution in [-0.2, 0) is 4.79 Å². The lowest BCUT2D eigenvalue weighted by atomic mass is 10.0. The number of amides is 1. The molecule has 2 heterocycles. The number of piperidine rings is 1. The Labute approximate surface area is 102 Å². The Hall–Kier alpha value is -0.220. The summed E-state index contributed by atoms with van der Waals surface area (Å²) in [5.74, 6) is 1.52. The minimum atomic E-state index is 0.225. The van der Waals surface area contributed by atoms with Gasteiger partial charge in [-0.15, -0.1) is 0 Å². The maximum atomic E-state index is 11.2. The minimum Gasteiger partial charge on any atom is -0.343 e. The van der Waals surface area contributed by atoms with Crippen molar-refractivity contribution in [2.24, 2.45) is 0 Å². The summed E-state index contributed by atoms with van der Waals surface area (Å²) in [7, 11) is 0. The smallest absolute Gasteiger partial charge is 0.219 e. The van der Waals surface area contributed by atoms with Crippen molar-refractivity contribution in [1.82, 2.24) is 10.2 Å². The molecule has 2 rings (SSSR count). The van der Waals surface area contributed by atoms with Crippen LogP contribution in [0.4, 0.5) is 0 Å². The molecule has 0 spiro atoms. The lowest BCUT2D eigenvalue weighted by Crippen LogP contribution is -2.48. The highest BCUT2D eigenvalue weighted by atomic mass is 32.2. The van der Waals surface area contributed by atoms with Crippen LogP contribution in [0, 0.1) is 0 Å². The van der Waals surface area contributed by atoms with Gasteiger partial charge in [-0.1, -0.05) is 6.92 Å². The number of rotatable bonds is 2. The van der Waals surface area contributed by atoms with Crippen molar-refractivity contribution >= 4 is 17.7 Å². The molecule has 3 nitrogen and oxygen atoms in total. The van der Waals surface area contributed by atoms with Gasteiger partial charge in [-0.05, 0) is 25.0 Å². The number of nitrogens with zero attached hydrogens (tertiary/aromatic N) is 1. The monoisotopic (exact) mass is 242 g/mol. The molecule has 0 saturated carbocycles. The Morgan fingerprint density at radius 2 is 2.00 bits per heavy atom. The summed E-state index contributed by atoms with van der Waals surface area (Å²) in [5.41, 5.74) is 0. The zero-order valence-corrected chi connectivity index (χ0v) is 11.1. The molecule has 0 aromatic carbocycles. The maximum absolute atomic E-state index is 11.2. The molecular weight excluding hydrogens is 220 g/mol. The largest absolute Gasteiger partial charge is 0.343 e. The van der Waals surface area contributed by atoms with Crippen molar-refractivity contribution in [3.05, 3.63) is 0 Å². The molecule has 2 aliphatic rings. The lowest BCUT2D eigenvalue weighted by Gasteiger charge is -2.34. The van der Waals surface area contributed by atoms with Crippen molar-refractivity contribution in [3.8, 4) is 0 Å². The van der Waals surface area contributed by atoms with Crippen LogP contribution in [0.5, 0.6) is 0 Å². The van der Waals surface area contributed by atoms with Crippen molar-refractivity contribution in [2.45, 2.75) is 50.4 Å². The van der Waals surface area contributed by atoms with Gasteiger partial charge in [0, 0.05) is 37.3 Å². The zero-order chi connectivity index (χ0) is 11.5. The van der Waals surface area contributed by atoms with Gasteiger partial charge in [-0.3, -0.25) is 4.79 Å². The van der Waals surface area contributed by atoms with Gasteiger partial charge in [0.1, 0.15) is 0 Å². The molecule has 2 aliphatic heterocycles. The molecule has 2 fully saturated rings. The van der Waals surface area contributed by atoms with Crippen LogP contribution < -0.4 is 5.32 Å². The summed E-state index contributed by atoms with van der Waals surface area (Å²) in [4.78, 5) is 13.2. The first kappa shape index (κ1) is 12.2. The van der Waals surface area contributed by atoms with Crippen LogP contribution >= 0.6 is 11.8 Å². The Balaban J connectivity index is 1.74. The van der Waals surface area contributed by atoms with Crippen LogP contribution in [0.25, 0.3) is 0 Å². The molecule has 1 N–H and O–H groups in total. The van der Waals surface area contributed by atoms with Crippen LogP contribution in [0.1, 0.15) is 33.1 Å². The van der Waals surface area contributed by atoms with Gasteiger partial charge in [0.15, 0.2) is 0 Å². The van der Waals surface area contributed by atoms with Gasteiger partial charge >= 0.3 is 0 Å². The van der Waals surface area contributed by atoms with E-state index in [0.29, 0.717) is 12.1 Å². The number of hydrogen-bond donors (Lipinski definition) is 1. The van der Waals surface area contributed by atoms with E-state index in [1.165, 1.54) is 12.2 Å². The summed E-state index contributed by atoms with van der Waals surface area (Å²) in [5, 5.41) is 4.52. The van der Waals surface area contributed by atoms with E-state index < -0.39 is 0 Å². The number of thioether (sulfide) groups is 1. The van der Waals surface area contributed by atoms with Crippen LogP contribution in [0.3, 0.4) is 0 Å². The predicted molar refractivity (Wildman–Crippen MR) is 68.7 cm³/mol. The summed E-state index contributed by atoms with van der Waals surface area (Å²) in [6, 6.07) is 1.32. The number of likely N-dealkylation sites (tertiary alicyclic amines) is 1. The van der Waals surface area contributed by atoms with Gasteiger partial charge in [0.05, 0.1) is 0 Å². The fraction of sp³-hybridized carbons (Fsp3) is 0.917. The standard InChI is InChI=1S/C12H22N2OS/c1-9-12(5-8-16-9)13-11-3-6-14(7-4-11)10(2)15/h9,11-13H,3-8H2,1-2H3. The number of carbonyl (C=O) groups is 1. The molecule has 2 unspecified atom stereocenters. The molecule has 16 heavy (non-hydrogen) atoms. The van der Waals surface area contributed by atoms with E-state index in [1.54, 1.807) is 6.92 Å². The average molecular weight is 242 g/mol. The maximum Gasteiger partial charge on any atom is 0.219 e. The molecule has 0 radical (unpaired) electrons. The molecule has 92 valence electrons. The van der Waals surface area contributed by atoms with Crippen molar-refractivity contribution in [2.75, 3.05) is 18.8 Å². The second-order valence-electron chi connectivity index (χ2n) is 4.92. The van der Waals surface area contributed by atoms with Gasteiger partial charge in [0.2, 0.25) is 5.91 Å². The van der Waals surface area contributed by atoms with Crippen LogP contribution in [0.15, 0.2) is 0 Å². The highest BCUT2D eigenvalue weighted by Gasteiger charge is 2.28. The van der Waals surface area contributed by atoms with Gasteiger partial charge in [-0.25, -0.2) is 0 Å². The van der Waals surface area contributed by atoms with Gasteiger partial charge < -0.3 is 10.2 Å². The first-order chi connectivity index (χ1) is 7.66. The predicted octanol–water partition coefficient (Wildman–Crippen LogP) is 1.48. The Morgan fingerprint density at radius 3 is 2.50 bits per heavy atom. The summed E-state index contributed by atoms with van der Waals surface area (Å²) in [6.07, 6.45) is 3.54. The van der Waals surface area contributed by atoms with E-state index in [2.05, 4.69) is 24.0 Å². The quantitative estimate of drug-likeness (QED) is 0.796.